The number of carbonyl (C=O) groups excluding carboxylic acids is 2. The van der Waals surface area contributed by atoms with Gasteiger partial charge in [0.2, 0.25) is 8.32 Å². The van der Waals surface area contributed by atoms with Crippen molar-refractivity contribution < 1.29 is 27.0 Å². The zero-order valence-electron chi connectivity index (χ0n) is 24.8. The highest BCUT2D eigenvalue weighted by Gasteiger charge is 2.40. The van der Waals surface area contributed by atoms with E-state index in [0.717, 1.165) is 18.9 Å². The van der Waals surface area contributed by atoms with Gasteiger partial charge < -0.3 is 17.4 Å². The van der Waals surface area contributed by atoms with Crippen LogP contribution in [0.1, 0.15) is 40.5 Å². The first-order valence-electron chi connectivity index (χ1n) is 12.5. The Bertz CT molecular complexity index is 644. The molecule has 2 atom stereocenters. The van der Waals surface area contributed by atoms with Crippen molar-refractivity contribution in [1.29, 1.82) is 0 Å². The van der Waals surface area contributed by atoms with E-state index < -0.39 is 45.3 Å². The predicted octanol–water partition coefficient (Wildman–Crippen LogP) is 7.32. The molecule has 34 heavy (non-hydrogen) atoms. The summed E-state index contributed by atoms with van der Waals surface area (Å²) < 4.78 is 22.9. The van der Waals surface area contributed by atoms with E-state index in [1.807, 2.05) is 19.6 Å². The monoisotopic (exact) mass is 550 g/mol. The molecule has 0 radical (unpaired) electrons. The Labute approximate surface area is 214 Å². The molecule has 0 bridgehead atoms. The summed E-state index contributed by atoms with van der Waals surface area (Å²) in [5.41, 5.74) is 1.51. The Morgan fingerprint density at radius 2 is 1.15 bits per heavy atom. The van der Waals surface area contributed by atoms with E-state index in [1.165, 1.54) is 12.7 Å². The van der Waals surface area contributed by atoms with E-state index >= 15 is 0 Å². The van der Waals surface area contributed by atoms with Gasteiger partial charge in [-0.2, -0.15) is 0 Å². The number of rotatable bonds is 12. The van der Waals surface area contributed by atoms with Crippen molar-refractivity contribution in [3.63, 3.8) is 0 Å². The van der Waals surface area contributed by atoms with E-state index in [1.54, 1.807) is 13.8 Å². The second kappa shape index (κ2) is 14.9. The lowest BCUT2D eigenvalue weighted by atomic mass is 9.97. The maximum absolute atomic E-state index is 11.6. The third-order valence-corrected chi connectivity index (χ3v) is 14.9. The van der Waals surface area contributed by atoms with Crippen LogP contribution in [0.4, 0.5) is 0 Å². The molecule has 0 aromatic rings. The van der Waals surface area contributed by atoms with Crippen LogP contribution in [0.2, 0.25) is 71.5 Å². The minimum Gasteiger partial charge on any atom is -0.520 e. The van der Waals surface area contributed by atoms with Crippen molar-refractivity contribution >= 4 is 45.5 Å². The first kappa shape index (κ1) is 35.6. The molecule has 0 aliphatic rings. The van der Waals surface area contributed by atoms with E-state index in [4.69, 9.17) is 12.7 Å². The van der Waals surface area contributed by atoms with Crippen molar-refractivity contribution in [3.8, 4) is 0 Å². The van der Waals surface area contributed by atoms with Crippen molar-refractivity contribution in [2.24, 2.45) is 11.8 Å². The highest BCUT2D eigenvalue weighted by molar-refractivity contribution is 6.87. The SMILES string of the molecule is CC/C=C(/CC)C[Si](C)(O[Si](C)(C)C)O[Si](C)(C)C.COC(=O)C(C)C(C)C(=O)O[Si](C)(C)C. The van der Waals surface area contributed by atoms with Gasteiger partial charge in [0.1, 0.15) is 0 Å². The summed E-state index contributed by atoms with van der Waals surface area (Å²) in [6.45, 7) is 29.4. The number of allylic oxidation sites excluding steroid dienone is 2. The molecule has 0 N–H and O–H groups in total. The van der Waals surface area contributed by atoms with Gasteiger partial charge >= 0.3 is 14.5 Å². The number of ether oxygens (including phenoxy) is 1. The van der Waals surface area contributed by atoms with Crippen LogP contribution in [0.15, 0.2) is 11.6 Å². The molecular formula is C24H54O6Si4. The number of carbonyl (C=O) groups is 2. The molecule has 0 heterocycles. The topological polar surface area (TPSA) is 71.1 Å². The Morgan fingerprint density at radius 1 is 0.735 bits per heavy atom. The normalized spacial score (nSPS) is 15.1. The Morgan fingerprint density at radius 3 is 1.44 bits per heavy atom. The lowest BCUT2D eigenvalue weighted by molar-refractivity contribution is -0.153. The molecule has 0 aliphatic carbocycles. The minimum absolute atomic E-state index is 0.313. The molecular weight excluding hydrogens is 497 g/mol. The van der Waals surface area contributed by atoms with Gasteiger partial charge in [-0.25, -0.2) is 0 Å². The molecule has 2 unspecified atom stereocenters. The number of methoxy groups -OCH3 is 1. The molecule has 0 fully saturated rings. The van der Waals surface area contributed by atoms with E-state index in [-0.39, 0.29) is 11.9 Å². The molecule has 0 aliphatic heterocycles. The van der Waals surface area contributed by atoms with Crippen LogP contribution >= 0.6 is 0 Å². The smallest absolute Gasteiger partial charge is 0.318 e. The summed E-state index contributed by atoms with van der Waals surface area (Å²) in [6.07, 6.45) is 4.57. The van der Waals surface area contributed by atoms with Gasteiger partial charge in [-0.3, -0.25) is 9.59 Å². The zero-order chi connectivity index (χ0) is 27.5. The quantitative estimate of drug-likeness (QED) is 0.144. The molecule has 0 amide bonds. The lowest BCUT2D eigenvalue weighted by Gasteiger charge is -2.39. The summed E-state index contributed by atoms with van der Waals surface area (Å²) in [5.74, 6) is -1.61. The largest absolute Gasteiger partial charge is 0.520 e. The fourth-order valence-corrected chi connectivity index (χ4v) is 16.9. The average molecular weight is 551 g/mol. The number of hydrogen-bond acceptors (Lipinski definition) is 6. The predicted molar refractivity (Wildman–Crippen MR) is 154 cm³/mol. The van der Waals surface area contributed by atoms with Gasteiger partial charge in [-0.05, 0) is 78.3 Å². The molecule has 0 spiro atoms. The van der Waals surface area contributed by atoms with Gasteiger partial charge in [0.25, 0.3) is 5.97 Å². The Kier molecular flexibility index (Phi) is 15.6. The molecule has 6 nitrogen and oxygen atoms in total. The van der Waals surface area contributed by atoms with Crippen LogP contribution in [-0.4, -0.2) is 52.6 Å². The molecule has 10 heteroatoms. The van der Waals surface area contributed by atoms with Gasteiger partial charge in [-0.1, -0.05) is 39.3 Å². The van der Waals surface area contributed by atoms with E-state index in [2.05, 4.69) is 70.5 Å². The summed E-state index contributed by atoms with van der Waals surface area (Å²) in [4.78, 5) is 22.8. The molecule has 0 saturated heterocycles. The highest BCUT2D eigenvalue weighted by Crippen LogP contribution is 2.28. The van der Waals surface area contributed by atoms with Crippen LogP contribution in [0.5, 0.6) is 0 Å². The fourth-order valence-electron chi connectivity index (χ4n) is 3.42. The molecule has 202 valence electrons. The minimum atomic E-state index is -2.09. The standard InChI is InChI=1S/C14H34O2Si3.C10H20O4Si/c1-10-12-14(11-2)13-19(9,15-17(3,4)5)16-18(6,7)8;1-7(9(11)13-3)8(2)10(12)14-15(4,5)6/h12H,10-11,13H2,1-9H3;7-8H,1-6H3/b14-12-;. The summed E-state index contributed by atoms with van der Waals surface area (Å²) in [7, 11) is -5.77. The second-order valence-electron chi connectivity index (χ2n) is 12.0. The summed E-state index contributed by atoms with van der Waals surface area (Å²) >= 11 is 0. The van der Waals surface area contributed by atoms with E-state index in [0.29, 0.717) is 0 Å². The second-order valence-corrected chi connectivity index (χ2v) is 29.1. The van der Waals surface area contributed by atoms with Crippen molar-refractivity contribution in [2.45, 2.75) is 112 Å². The third-order valence-electron chi connectivity index (χ3n) is 4.64. The molecule has 0 saturated carbocycles. The lowest BCUT2D eigenvalue weighted by Crippen LogP contribution is -2.52. The van der Waals surface area contributed by atoms with Crippen molar-refractivity contribution in [2.75, 3.05) is 7.11 Å². The highest BCUT2D eigenvalue weighted by atomic mass is 28.5. The van der Waals surface area contributed by atoms with Crippen LogP contribution in [0, 0.1) is 11.8 Å². The van der Waals surface area contributed by atoms with Crippen molar-refractivity contribution in [3.05, 3.63) is 11.6 Å². The first-order chi connectivity index (χ1) is 15.1. The number of hydrogen-bond donors (Lipinski definition) is 0. The fraction of sp³-hybridized carbons (Fsp3) is 0.833. The van der Waals surface area contributed by atoms with Gasteiger partial charge in [0.05, 0.1) is 18.9 Å². The van der Waals surface area contributed by atoms with Crippen LogP contribution in [0.3, 0.4) is 0 Å². The number of esters is 1. The van der Waals surface area contributed by atoms with Gasteiger partial charge in [-0.15, -0.1) is 0 Å². The van der Waals surface area contributed by atoms with Crippen LogP contribution in [-0.2, 0) is 27.0 Å². The van der Waals surface area contributed by atoms with E-state index in [9.17, 15) is 9.59 Å². The first-order valence-corrected chi connectivity index (χ1v) is 25.2. The van der Waals surface area contributed by atoms with Gasteiger partial charge in [0, 0.05) is 6.04 Å². The zero-order valence-corrected chi connectivity index (χ0v) is 28.8. The summed E-state index contributed by atoms with van der Waals surface area (Å²) in [5, 5.41) is 0. The van der Waals surface area contributed by atoms with Crippen LogP contribution in [0.25, 0.3) is 0 Å². The summed E-state index contributed by atoms with van der Waals surface area (Å²) in [6, 6.07) is 1.03. The molecule has 0 aromatic carbocycles. The Hall–Kier alpha value is -0.532. The van der Waals surface area contributed by atoms with Crippen molar-refractivity contribution in [1.82, 2.24) is 0 Å². The molecule has 0 aromatic heterocycles. The van der Waals surface area contributed by atoms with Crippen LogP contribution < -0.4 is 0 Å². The maximum atomic E-state index is 11.6. The maximum Gasteiger partial charge on any atom is 0.318 e. The van der Waals surface area contributed by atoms with Gasteiger partial charge in [0.15, 0.2) is 16.6 Å². The average Bonchev–Trinajstić information content (AvgIpc) is 2.61. The molecule has 0 rings (SSSR count). The third kappa shape index (κ3) is 17.8. The Balaban J connectivity index is 0.